The standard InChI is InChI=1S/C17H20ClNO2/c1-11-5-6-13(9-16(11)18)19-12(2)15-8-7-14(20-3)10-17(15)21-4/h5-10,12,19H,1-4H3. The van der Waals surface area contributed by atoms with E-state index in [1.807, 2.05) is 43.3 Å². The molecule has 2 aromatic rings. The van der Waals surface area contributed by atoms with E-state index in [0.29, 0.717) is 0 Å². The lowest BCUT2D eigenvalue weighted by atomic mass is 10.1. The zero-order chi connectivity index (χ0) is 15.4. The van der Waals surface area contributed by atoms with Gasteiger partial charge in [0.2, 0.25) is 0 Å². The van der Waals surface area contributed by atoms with Gasteiger partial charge in [0.15, 0.2) is 0 Å². The van der Waals surface area contributed by atoms with E-state index < -0.39 is 0 Å². The van der Waals surface area contributed by atoms with Gasteiger partial charge in [-0.05, 0) is 43.7 Å². The molecule has 4 heteroatoms. The van der Waals surface area contributed by atoms with Crippen LogP contribution in [0.2, 0.25) is 5.02 Å². The van der Waals surface area contributed by atoms with E-state index in [1.165, 1.54) is 0 Å². The molecular weight excluding hydrogens is 286 g/mol. The fraction of sp³-hybridized carbons (Fsp3) is 0.294. The van der Waals surface area contributed by atoms with Crippen LogP contribution in [0.3, 0.4) is 0 Å². The van der Waals surface area contributed by atoms with E-state index >= 15 is 0 Å². The zero-order valence-corrected chi connectivity index (χ0v) is 13.5. The van der Waals surface area contributed by atoms with Crippen LogP contribution in [0.1, 0.15) is 24.1 Å². The highest BCUT2D eigenvalue weighted by Gasteiger charge is 2.12. The molecule has 1 unspecified atom stereocenters. The van der Waals surface area contributed by atoms with Crippen molar-refractivity contribution in [2.45, 2.75) is 19.9 Å². The molecule has 2 rings (SSSR count). The van der Waals surface area contributed by atoms with Crippen molar-refractivity contribution in [2.75, 3.05) is 19.5 Å². The SMILES string of the molecule is COc1ccc(C(C)Nc2ccc(C)c(Cl)c2)c(OC)c1. The van der Waals surface area contributed by atoms with Gasteiger partial charge in [-0.1, -0.05) is 17.7 Å². The maximum Gasteiger partial charge on any atom is 0.127 e. The van der Waals surface area contributed by atoms with Crippen LogP contribution >= 0.6 is 11.6 Å². The summed E-state index contributed by atoms with van der Waals surface area (Å²) in [6.07, 6.45) is 0. The summed E-state index contributed by atoms with van der Waals surface area (Å²) in [7, 11) is 3.30. The number of hydrogen-bond donors (Lipinski definition) is 1. The predicted octanol–water partition coefficient (Wildman–Crippen LogP) is 4.84. The second kappa shape index (κ2) is 6.72. The number of halogens is 1. The molecule has 0 saturated carbocycles. The Morgan fingerprint density at radius 1 is 1.05 bits per heavy atom. The van der Waals surface area contributed by atoms with Gasteiger partial charge in [0.25, 0.3) is 0 Å². The molecule has 0 aliphatic heterocycles. The summed E-state index contributed by atoms with van der Waals surface area (Å²) in [6, 6.07) is 11.9. The van der Waals surface area contributed by atoms with Crippen molar-refractivity contribution in [3.05, 3.63) is 52.5 Å². The third-order valence-corrected chi connectivity index (χ3v) is 3.87. The molecule has 0 radical (unpaired) electrons. The van der Waals surface area contributed by atoms with Crippen molar-refractivity contribution in [3.8, 4) is 11.5 Å². The van der Waals surface area contributed by atoms with E-state index in [1.54, 1.807) is 14.2 Å². The van der Waals surface area contributed by atoms with Gasteiger partial charge in [-0.2, -0.15) is 0 Å². The van der Waals surface area contributed by atoms with Gasteiger partial charge >= 0.3 is 0 Å². The number of benzene rings is 2. The number of ether oxygens (including phenoxy) is 2. The van der Waals surface area contributed by atoms with Crippen molar-refractivity contribution < 1.29 is 9.47 Å². The minimum Gasteiger partial charge on any atom is -0.497 e. The summed E-state index contributed by atoms with van der Waals surface area (Å²) in [6.45, 7) is 4.07. The number of nitrogens with one attached hydrogen (secondary N) is 1. The summed E-state index contributed by atoms with van der Waals surface area (Å²) in [4.78, 5) is 0. The van der Waals surface area contributed by atoms with Crippen LogP contribution in [0.4, 0.5) is 5.69 Å². The molecule has 1 atom stereocenters. The van der Waals surface area contributed by atoms with Crippen LogP contribution in [0.25, 0.3) is 0 Å². The summed E-state index contributed by atoms with van der Waals surface area (Å²) >= 11 is 6.16. The molecule has 0 spiro atoms. The predicted molar refractivity (Wildman–Crippen MR) is 87.8 cm³/mol. The molecule has 112 valence electrons. The summed E-state index contributed by atoms with van der Waals surface area (Å²) < 4.78 is 10.7. The first-order valence-electron chi connectivity index (χ1n) is 6.79. The van der Waals surface area contributed by atoms with Gasteiger partial charge in [-0.3, -0.25) is 0 Å². The molecule has 0 aliphatic carbocycles. The van der Waals surface area contributed by atoms with Gasteiger partial charge in [0, 0.05) is 22.3 Å². The van der Waals surface area contributed by atoms with Crippen LogP contribution in [-0.4, -0.2) is 14.2 Å². The average molecular weight is 306 g/mol. The quantitative estimate of drug-likeness (QED) is 0.857. The van der Waals surface area contributed by atoms with E-state index in [4.69, 9.17) is 21.1 Å². The van der Waals surface area contributed by atoms with Crippen LogP contribution < -0.4 is 14.8 Å². The third kappa shape index (κ3) is 3.61. The Morgan fingerprint density at radius 3 is 2.43 bits per heavy atom. The monoisotopic (exact) mass is 305 g/mol. The lowest BCUT2D eigenvalue weighted by molar-refractivity contribution is 0.390. The van der Waals surface area contributed by atoms with Crippen molar-refractivity contribution in [3.63, 3.8) is 0 Å². The first kappa shape index (κ1) is 15.5. The molecule has 1 N–H and O–H groups in total. The smallest absolute Gasteiger partial charge is 0.127 e. The van der Waals surface area contributed by atoms with Crippen molar-refractivity contribution in [1.82, 2.24) is 0 Å². The lowest BCUT2D eigenvalue weighted by Gasteiger charge is -2.19. The molecule has 21 heavy (non-hydrogen) atoms. The molecule has 3 nitrogen and oxygen atoms in total. The number of hydrogen-bond acceptors (Lipinski definition) is 3. The molecule has 0 bridgehead atoms. The molecule has 0 aromatic heterocycles. The number of aryl methyl sites for hydroxylation is 1. The summed E-state index contributed by atoms with van der Waals surface area (Å²) in [5.41, 5.74) is 3.11. The second-order valence-corrected chi connectivity index (χ2v) is 5.35. The molecule has 2 aromatic carbocycles. The molecule has 0 fully saturated rings. The van der Waals surface area contributed by atoms with E-state index in [0.717, 1.165) is 33.3 Å². The van der Waals surface area contributed by atoms with E-state index in [9.17, 15) is 0 Å². The number of rotatable bonds is 5. The van der Waals surface area contributed by atoms with Crippen LogP contribution in [0.15, 0.2) is 36.4 Å². The summed E-state index contributed by atoms with van der Waals surface area (Å²) in [5, 5.41) is 4.19. The Morgan fingerprint density at radius 2 is 1.81 bits per heavy atom. The van der Waals surface area contributed by atoms with E-state index in [-0.39, 0.29) is 6.04 Å². The van der Waals surface area contributed by atoms with Crippen molar-refractivity contribution in [2.24, 2.45) is 0 Å². The fourth-order valence-electron chi connectivity index (χ4n) is 2.19. The Hall–Kier alpha value is -1.87. The minimum absolute atomic E-state index is 0.0876. The van der Waals surface area contributed by atoms with Crippen LogP contribution in [0, 0.1) is 6.92 Å². The second-order valence-electron chi connectivity index (χ2n) is 4.94. The fourth-order valence-corrected chi connectivity index (χ4v) is 2.37. The Balaban J connectivity index is 2.23. The van der Waals surface area contributed by atoms with E-state index in [2.05, 4.69) is 12.2 Å². The topological polar surface area (TPSA) is 30.5 Å². The van der Waals surface area contributed by atoms with Gasteiger partial charge in [-0.15, -0.1) is 0 Å². The van der Waals surface area contributed by atoms with Crippen LogP contribution in [0.5, 0.6) is 11.5 Å². The zero-order valence-electron chi connectivity index (χ0n) is 12.7. The largest absolute Gasteiger partial charge is 0.497 e. The Kier molecular flexibility index (Phi) is 4.97. The van der Waals surface area contributed by atoms with Gasteiger partial charge in [0.05, 0.1) is 20.3 Å². The van der Waals surface area contributed by atoms with Crippen molar-refractivity contribution >= 4 is 17.3 Å². The highest BCUT2D eigenvalue weighted by atomic mass is 35.5. The molecule has 0 saturated heterocycles. The van der Waals surface area contributed by atoms with Gasteiger partial charge in [0.1, 0.15) is 11.5 Å². The molecule has 0 heterocycles. The normalized spacial score (nSPS) is 11.9. The Labute approximate surface area is 130 Å². The third-order valence-electron chi connectivity index (χ3n) is 3.46. The van der Waals surface area contributed by atoms with Crippen molar-refractivity contribution in [1.29, 1.82) is 0 Å². The molecular formula is C17H20ClNO2. The highest BCUT2D eigenvalue weighted by molar-refractivity contribution is 6.31. The maximum atomic E-state index is 6.16. The van der Waals surface area contributed by atoms with Gasteiger partial charge in [-0.25, -0.2) is 0 Å². The average Bonchev–Trinajstić information content (AvgIpc) is 2.50. The number of methoxy groups -OCH3 is 2. The Bertz CT molecular complexity index is 628. The highest BCUT2D eigenvalue weighted by Crippen LogP contribution is 2.32. The van der Waals surface area contributed by atoms with Gasteiger partial charge < -0.3 is 14.8 Å². The lowest BCUT2D eigenvalue weighted by Crippen LogP contribution is -2.08. The first-order chi connectivity index (χ1) is 10.0. The molecule has 0 aliphatic rings. The molecule has 0 amide bonds. The van der Waals surface area contributed by atoms with Crippen LogP contribution in [-0.2, 0) is 0 Å². The maximum absolute atomic E-state index is 6.16. The minimum atomic E-state index is 0.0876. The first-order valence-corrected chi connectivity index (χ1v) is 7.17. The number of anilines is 1. The summed E-state index contributed by atoms with van der Waals surface area (Å²) in [5.74, 6) is 1.58.